The van der Waals surface area contributed by atoms with Crippen molar-refractivity contribution >= 4 is 43.5 Å². The highest BCUT2D eigenvalue weighted by atomic mass is 19.1. The molecule has 222 valence electrons. The van der Waals surface area contributed by atoms with Crippen LogP contribution in [-0.2, 0) is 6.42 Å². The van der Waals surface area contributed by atoms with Crippen LogP contribution in [0.2, 0.25) is 0 Å². The van der Waals surface area contributed by atoms with Crippen molar-refractivity contribution in [2.75, 3.05) is 0 Å². The molecule has 0 atom stereocenters. The Hall–Kier alpha value is -5.53. The fraction of sp³-hybridized carbons (Fsp3) is 0.0667. The standard InChI is InChI=1S/C45H35F/c1-32-17-5-2-3-6-18-33-19-7-4-8-21-36(46)22-10-12-23-37(33)38-24-11-9-20-34(38)29-35-30-44-41-27-15-13-25-39(41)40-26-14-16-28-42(40)45(44)31-43(32)35/h2-5,7-17,19-28,30-31H,1,6,18,29H2/b3-2-,7-4?,8-4+,12-10?,17-5-,19-7+,21-8?,22-10-,23-12-,33-19?,36-21+,36-22?,37-23?,37-33+. The molecule has 0 nitrogen and oxygen atoms in total. The van der Waals surface area contributed by atoms with E-state index >= 15 is 0 Å². The Kier molecular flexibility index (Phi) is 8.39. The number of rotatable bonds is 0. The van der Waals surface area contributed by atoms with Gasteiger partial charge < -0.3 is 0 Å². The molecule has 0 bridgehead atoms. The molecule has 0 N–H and O–H groups in total. The van der Waals surface area contributed by atoms with E-state index in [0.717, 1.165) is 36.0 Å². The van der Waals surface area contributed by atoms with Gasteiger partial charge in [-0.2, -0.15) is 0 Å². The van der Waals surface area contributed by atoms with Crippen molar-refractivity contribution in [3.05, 3.63) is 204 Å². The van der Waals surface area contributed by atoms with E-state index in [4.69, 9.17) is 0 Å². The number of hydrogen-bond donors (Lipinski definition) is 0. The average Bonchev–Trinajstić information content (AvgIpc) is 3.08. The highest BCUT2D eigenvalue weighted by Crippen LogP contribution is 2.39. The van der Waals surface area contributed by atoms with Crippen LogP contribution >= 0.6 is 0 Å². The molecule has 7 rings (SSSR count). The lowest BCUT2D eigenvalue weighted by Crippen LogP contribution is -2.00. The largest absolute Gasteiger partial charge is 0.207 e. The highest BCUT2D eigenvalue weighted by molar-refractivity contribution is 6.25. The topological polar surface area (TPSA) is 0 Å². The van der Waals surface area contributed by atoms with Crippen molar-refractivity contribution < 1.29 is 4.39 Å². The van der Waals surface area contributed by atoms with Gasteiger partial charge in [-0.3, -0.25) is 0 Å². The maximum absolute atomic E-state index is 14.2. The molecule has 0 radical (unpaired) electrons. The Bertz CT molecular complexity index is 2240. The lowest BCUT2D eigenvalue weighted by atomic mass is 9.85. The quantitative estimate of drug-likeness (QED) is 0.156. The minimum absolute atomic E-state index is 0.280. The van der Waals surface area contributed by atoms with Gasteiger partial charge in [0.2, 0.25) is 0 Å². The third-order valence-corrected chi connectivity index (χ3v) is 8.88. The third-order valence-electron chi connectivity index (χ3n) is 8.88. The van der Waals surface area contributed by atoms with Gasteiger partial charge in [-0.25, -0.2) is 4.39 Å². The first-order valence-electron chi connectivity index (χ1n) is 15.9. The van der Waals surface area contributed by atoms with E-state index in [1.165, 1.54) is 66.7 Å². The average molecular weight is 595 g/mol. The molecule has 0 saturated heterocycles. The molecule has 5 aromatic carbocycles. The van der Waals surface area contributed by atoms with Crippen LogP contribution in [0.5, 0.6) is 0 Å². The number of benzene rings is 5. The van der Waals surface area contributed by atoms with Crippen LogP contribution in [-0.4, -0.2) is 0 Å². The van der Waals surface area contributed by atoms with Crippen LogP contribution in [0.15, 0.2) is 182 Å². The summed E-state index contributed by atoms with van der Waals surface area (Å²) in [6, 6.07) is 30.9. The Morgan fingerprint density at radius 2 is 1.15 bits per heavy atom. The van der Waals surface area contributed by atoms with Crippen LogP contribution in [0.25, 0.3) is 43.5 Å². The first-order chi connectivity index (χ1) is 22.7. The van der Waals surface area contributed by atoms with Crippen molar-refractivity contribution in [1.82, 2.24) is 0 Å². The van der Waals surface area contributed by atoms with Gasteiger partial charge in [-0.15, -0.1) is 0 Å². The number of allylic oxidation sites excluding steroid dienone is 17. The fourth-order valence-electron chi connectivity index (χ4n) is 6.67. The molecule has 0 spiro atoms. The van der Waals surface area contributed by atoms with E-state index in [9.17, 15) is 4.39 Å². The molecule has 0 heterocycles. The second-order valence-corrected chi connectivity index (χ2v) is 11.8. The zero-order chi connectivity index (χ0) is 31.3. The molecule has 0 unspecified atom stereocenters. The van der Waals surface area contributed by atoms with Gasteiger partial charge in [-0.1, -0.05) is 146 Å². The van der Waals surface area contributed by atoms with Crippen molar-refractivity contribution in [3.8, 4) is 0 Å². The molecule has 1 heteroatoms. The van der Waals surface area contributed by atoms with Crippen molar-refractivity contribution in [3.63, 3.8) is 0 Å². The molecule has 2 aliphatic rings. The van der Waals surface area contributed by atoms with Crippen LogP contribution in [0.3, 0.4) is 0 Å². The molecular weight excluding hydrogens is 559 g/mol. The minimum Gasteiger partial charge on any atom is -0.207 e. The number of fused-ring (bicyclic) bond motifs is 9. The minimum atomic E-state index is -0.280. The molecule has 0 aromatic heterocycles. The molecule has 0 fully saturated rings. The molecule has 5 aromatic rings. The first kappa shape index (κ1) is 29.2. The molecule has 0 aliphatic heterocycles. The summed E-state index contributed by atoms with van der Waals surface area (Å²) < 4.78 is 14.2. The van der Waals surface area contributed by atoms with Crippen LogP contribution in [0.4, 0.5) is 4.39 Å². The van der Waals surface area contributed by atoms with Gasteiger partial charge >= 0.3 is 0 Å². The summed E-state index contributed by atoms with van der Waals surface area (Å²) in [5.41, 5.74) is 8.19. The summed E-state index contributed by atoms with van der Waals surface area (Å²) in [7, 11) is 0. The predicted octanol–water partition coefficient (Wildman–Crippen LogP) is 12.5. The van der Waals surface area contributed by atoms with Gasteiger partial charge in [-0.05, 0) is 115 Å². The zero-order valence-electron chi connectivity index (χ0n) is 25.8. The van der Waals surface area contributed by atoms with Crippen molar-refractivity contribution in [2.24, 2.45) is 0 Å². The fourth-order valence-corrected chi connectivity index (χ4v) is 6.67. The molecule has 46 heavy (non-hydrogen) atoms. The molecule has 0 amide bonds. The Labute approximate surface area is 270 Å². The normalized spacial score (nSPS) is 22.5. The molecule has 0 saturated carbocycles. The van der Waals surface area contributed by atoms with Gasteiger partial charge in [0.1, 0.15) is 5.83 Å². The van der Waals surface area contributed by atoms with E-state index in [1.54, 1.807) is 12.2 Å². The second kappa shape index (κ2) is 13.2. The summed E-state index contributed by atoms with van der Waals surface area (Å²) in [6.07, 6.45) is 27.7. The second-order valence-electron chi connectivity index (χ2n) is 11.8. The van der Waals surface area contributed by atoms with Crippen LogP contribution < -0.4 is 0 Å². The lowest BCUT2D eigenvalue weighted by molar-refractivity contribution is 0.667. The third kappa shape index (κ3) is 5.93. The molecular formula is C45H35F. The van der Waals surface area contributed by atoms with E-state index < -0.39 is 0 Å². The van der Waals surface area contributed by atoms with Gasteiger partial charge in [0, 0.05) is 0 Å². The first-order valence-corrected chi connectivity index (χ1v) is 15.9. The monoisotopic (exact) mass is 594 g/mol. The maximum Gasteiger partial charge on any atom is 0.123 e. The summed E-state index contributed by atoms with van der Waals surface area (Å²) in [5, 5.41) is 7.54. The predicted molar refractivity (Wildman–Crippen MR) is 197 cm³/mol. The number of hydrogen-bond acceptors (Lipinski definition) is 0. The summed E-state index contributed by atoms with van der Waals surface area (Å²) in [4.78, 5) is 0. The maximum atomic E-state index is 14.2. The Balaban J connectivity index is 1.49. The Morgan fingerprint density at radius 3 is 1.93 bits per heavy atom. The van der Waals surface area contributed by atoms with Crippen LogP contribution in [0.1, 0.15) is 35.1 Å². The number of halogens is 1. The van der Waals surface area contributed by atoms with Gasteiger partial charge in [0.25, 0.3) is 0 Å². The SMILES string of the molecule is C=C1/C=C\C=C/CCC2=C(/C=C\C=C/C(F)=C\C=C\C=C\2)c2ccccc2Cc2cc3c4ccccc4c4ccccc4c3cc21. The zero-order valence-corrected chi connectivity index (χ0v) is 25.8. The highest BCUT2D eigenvalue weighted by Gasteiger charge is 2.16. The lowest BCUT2D eigenvalue weighted by Gasteiger charge is -2.19. The summed E-state index contributed by atoms with van der Waals surface area (Å²) >= 11 is 0. The van der Waals surface area contributed by atoms with Gasteiger partial charge in [0.15, 0.2) is 0 Å². The van der Waals surface area contributed by atoms with Crippen LogP contribution in [0, 0.1) is 0 Å². The molecule has 2 aliphatic carbocycles. The summed E-state index contributed by atoms with van der Waals surface area (Å²) in [6.45, 7) is 4.56. The smallest absolute Gasteiger partial charge is 0.123 e. The summed E-state index contributed by atoms with van der Waals surface area (Å²) in [5.74, 6) is -0.280. The van der Waals surface area contributed by atoms with E-state index in [0.29, 0.717) is 0 Å². The van der Waals surface area contributed by atoms with E-state index in [1.807, 2.05) is 18.2 Å². The van der Waals surface area contributed by atoms with Gasteiger partial charge in [0.05, 0.1) is 0 Å². The van der Waals surface area contributed by atoms with Crippen molar-refractivity contribution in [2.45, 2.75) is 19.3 Å². The van der Waals surface area contributed by atoms with E-state index in [-0.39, 0.29) is 5.83 Å². The Morgan fingerprint density at radius 1 is 0.522 bits per heavy atom. The van der Waals surface area contributed by atoms with E-state index in [2.05, 4.69) is 128 Å². The van der Waals surface area contributed by atoms with Crippen molar-refractivity contribution in [1.29, 1.82) is 0 Å².